The van der Waals surface area contributed by atoms with Crippen molar-refractivity contribution in [3.8, 4) is 0 Å². The number of amides is 2. The maximum atomic E-state index is 13.0. The van der Waals surface area contributed by atoms with Gasteiger partial charge in [0.25, 0.3) is 0 Å². The Morgan fingerprint density at radius 2 is 1.95 bits per heavy atom. The van der Waals surface area contributed by atoms with Crippen molar-refractivity contribution in [3.63, 3.8) is 0 Å². The SMILES string of the molecule is CC(C)C(C(=O)N1CCC(N)C(C)(C)C1)N1CCCC1=O.Cl. The number of hydrogen-bond acceptors (Lipinski definition) is 3. The first-order chi connectivity index (χ1) is 9.74. The average molecular weight is 332 g/mol. The van der Waals surface area contributed by atoms with Crippen LogP contribution in [-0.2, 0) is 9.59 Å². The van der Waals surface area contributed by atoms with E-state index in [1.165, 1.54) is 0 Å². The van der Waals surface area contributed by atoms with Gasteiger partial charge < -0.3 is 15.5 Å². The molecule has 2 saturated heterocycles. The first-order valence-corrected chi connectivity index (χ1v) is 8.08. The van der Waals surface area contributed by atoms with Crippen LogP contribution in [0.5, 0.6) is 0 Å². The summed E-state index contributed by atoms with van der Waals surface area (Å²) in [5.74, 6) is 0.355. The second kappa shape index (κ2) is 7.18. The van der Waals surface area contributed by atoms with Gasteiger partial charge in [0.15, 0.2) is 0 Å². The zero-order valence-corrected chi connectivity index (χ0v) is 15.0. The van der Waals surface area contributed by atoms with Crippen molar-refractivity contribution in [2.75, 3.05) is 19.6 Å². The Balaban J connectivity index is 0.00000242. The molecule has 0 aliphatic carbocycles. The zero-order chi connectivity index (χ0) is 15.8. The summed E-state index contributed by atoms with van der Waals surface area (Å²) < 4.78 is 0. The van der Waals surface area contributed by atoms with Gasteiger partial charge in [0.05, 0.1) is 0 Å². The lowest BCUT2D eigenvalue weighted by molar-refractivity contribution is -0.147. The van der Waals surface area contributed by atoms with Crippen molar-refractivity contribution in [1.82, 2.24) is 9.80 Å². The standard InChI is InChI=1S/C16H29N3O2.ClH/c1-11(2)14(19-8-5-6-13(19)20)15(21)18-9-7-12(17)16(3,4)10-18;/h11-12,14H,5-10,17H2,1-4H3;1H. The highest BCUT2D eigenvalue weighted by molar-refractivity contribution is 5.89. The van der Waals surface area contributed by atoms with E-state index in [-0.39, 0.29) is 47.6 Å². The lowest BCUT2D eigenvalue weighted by atomic mass is 9.79. The minimum atomic E-state index is -0.315. The molecule has 0 aromatic heterocycles. The van der Waals surface area contributed by atoms with Crippen LogP contribution in [0, 0.1) is 11.3 Å². The molecule has 2 heterocycles. The van der Waals surface area contributed by atoms with E-state index in [1.54, 1.807) is 4.90 Å². The molecule has 2 amide bonds. The first-order valence-electron chi connectivity index (χ1n) is 8.08. The highest BCUT2D eigenvalue weighted by atomic mass is 35.5. The fourth-order valence-electron chi connectivity index (χ4n) is 3.49. The molecule has 0 saturated carbocycles. The number of likely N-dealkylation sites (tertiary alicyclic amines) is 2. The molecule has 2 atom stereocenters. The fraction of sp³-hybridized carbons (Fsp3) is 0.875. The predicted octanol–water partition coefficient (Wildman–Crippen LogP) is 1.64. The molecule has 22 heavy (non-hydrogen) atoms. The molecule has 128 valence electrons. The van der Waals surface area contributed by atoms with Crippen LogP contribution >= 0.6 is 12.4 Å². The Kier molecular flexibility index (Phi) is 6.27. The summed E-state index contributed by atoms with van der Waals surface area (Å²) in [5, 5.41) is 0. The highest BCUT2D eigenvalue weighted by Gasteiger charge is 2.41. The molecule has 2 rings (SSSR count). The van der Waals surface area contributed by atoms with Crippen molar-refractivity contribution in [2.45, 2.75) is 59.0 Å². The van der Waals surface area contributed by atoms with E-state index in [9.17, 15) is 9.59 Å². The molecule has 6 heteroatoms. The summed E-state index contributed by atoms with van der Waals surface area (Å²) in [6, 6.07) is -0.183. The summed E-state index contributed by atoms with van der Waals surface area (Å²) in [4.78, 5) is 28.7. The summed E-state index contributed by atoms with van der Waals surface area (Å²) in [5.41, 5.74) is 6.09. The van der Waals surface area contributed by atoms with Gasteiger partial charge in [-0.2, -0.15) is 0 Å². The average Bonchev–Trinajstić information content (AvgIpc) is 2.79. The molecule has 0 bridgehead atoms. The summed E-state index contributed by atoms with van der Waals surface area (Å²) in [6.07, 6.45) is 2.27. The number of hydrogen-bond donors (Lipinski definition) is 1. The topological polar surface area (TPSA) is 66.6 Å². The third-order valence-corrected chi connectivity index (χ3v) is 4.95. The molecule has 0 aromatic rings. The maximum absolute atomic E-state index is 13.0. The molecule has 0 aromatic carbocycles. The van der Waals surface area contributed by atoms with Crippen LogP contribution in [0.4, 0.5) is 0 Å². The summed E-state index contributed by atoms with van der Waals surface area (Å²) >= 11 is 0. The minimum absolute atomic E-state index is 0. The number of carbonyl (C=O) groups excluding carboxylic acids is 2. The van der Waals surface area contributed by atoms with Crippen LogP contribution in [0.25, 0.3) is 0 Å². The van der Waals surface area contributed by atoms with Gasteiger partial charge in [0.1, 0.15) is 6.04 Å². The molecule has 2 aliphatic heterocycles. The molecule has 5 nitrogen and oxygen atoms in total. The second-order valence-electron chi connectivity index (χ2n) is 7.52. The van der Waals surface area contributed by atoms with Gasteiger partial charge in [-0.1, -0.05) is 27.7 Å². The molecule has 2 fully saturated rings. The van der Waals surface area contributed by atoms with Gasteiger partial charge in [-0.05, 0) is 24.2 Å². The number of carbonyl (C=O) groups is 2. The number of piperidine rings is 1. The second-order valence-corrected chi connectivity index (χ2v) is 7.52. The van der Waals surface area contributed by atoms with E-state index in [1.807, 2.05) is 18.7 Å². The smallest absolute Gasteiger partial charge is 0.245 e. The van der Waals surface area contributed by atoms with Crippen LogP contribution in [-0.4, -0.2) is 53.3 Å². The number of nitrogens with two attached hydrogens (primary N) is 1. The largest absolute Gasteiger partial charge is 0.340 e. The van der Waals surface area contributed by atoms with Crippen LogP contribution in [0.1, 0.15) is 47.0 Å². The quantitative estimate of drug-likeness (QED) is 0.855. The van der Waals surface area contributed by atoms with Crippen molar-refractivity contribution in [1.29, 1.82) is 0 Å². The normalized spacial score (nSPS) is 26.1. The van der Waals surface area contributed by atoms with E-state index in [2.05, 4.69) is 13.8 Å². The number of halogens is 1. The van der Waals surface area contributed by atoms with Crippen molar-refractivity contribution >= 4 is 24.2 Å². The van der Waals surface area contributed by atoms with Gasteiger partial charge in [-0.3, -0.25) is 9.59 Å². The van der Waals surface area contributed by atoms with Gasteiger partial charge in [0.2, 0.25) is 11.8 Å². The predicted molar refractivity (Wildman–Crippen MR) is 89.8 cm³/mol. The van der Waals surface area contributed by atoms with Gasteiger partial charge >= 0.3 is 0 Å². The molecule has 0 spiro atoms. The zero-order valence-electron chi connectivity index (χ0n) is 14.2. The Morgan fingerprint density at radius 1 is 1.32 bits per heavy atom. The molecule has 2 aliphatic rings. The maximum Gasteiger partial charge on any atom is 0.245 e. The minimum Gasteiger partial charge on any atom is -0.340 e. The monoisotopic (exact) mass is 331 g/mol. The fourth-order valence-corrected chi connectivity index (χ4v) is 3.49. The lowest BCUT2D eigenvalue weighted by Gasteiger charge is -2.45. The van der Waals surface area contributed by atoms with Crippen molar-refractivity contribution in [2.24, 2.45) is 17.1 Å². The van der Waals surface area contributed by atoms with E-state index < -0.39 is 0 Å². The van der Waals surface area contributed by atoms with E-state index in [4.69, 9.17) is 5.73 Å². The Morgan fingerprint density at radius 3 is 2.41 bits per heavy atom. The third-order valence-electron chi connectivity index (χ3n) is 4.95. The van der Waals surface area contributed by atoms with E-state index in [0.29, 0.717) is 26.1 Å². The van der Waals surface area contributed by atoms with Crippen LogP contribution in [0.15, 0.2) is 0 Å². The van der Waals surface area contributed by atoms with Crippen molar-refractivity contribution in [3.05, 3.63) is 0 Å². The lowest BCUT2D eigenvalue weighted by Crippen LogP contribution is -2.59. The number of nitrogens with zero attached hydrogens (tertiary/aromatic N) is 2. The Hall–Kier alpha value is -0.810. The van der Waals surface area contributed by atoms with Crippen molar-refractivity contribution < 1.29 is 9.59 Å². The third kappa shape index (κ3) is 3.74. The molecule has 0 radical (unpaired) electrons. The van der Waals surface area contributed by atoms with E-state index in [0.717, 1.165) is 12.8 Å². The van der Waals surface area contributed by atoms with Gasteiger partial charge in [0, 0.05) is 32.1 Å². The molecular weight excluding hydrogens is 302 g/mol. The summed E-state index contributed by atoms with van der Waals surface area (Å²) in [6.45, 7) is 10.4. The van der Waals surface area contributed by atoms with Crippen LogP contribution < -0.4 is 5.73 Å². The molecular formula is C16H30ClN3O2. The van der Waals surface area contributed by atoms with Crippen LogP contribution in [0.2, 0.25) is 0 Å². The summed E-state index contributed by atoms with van der Waals surface area (Å²) in [7, 11) is 0. The Bertz CT molecular complexity index is 426. The highest BCUT2D eigenvalue weighted by Crippen LogP contribution is 2.30. The number of rotatable bonds is 3. The van der Waals surface area contributed by atoms with E-state index >= 15 is 0 Å². The molecule has 2 unspecified atom stereocenters. The Labute approximate surface area is 140 Å². The van der Waals surface area contributed by atoms with Gasteiger partial charge in [-0.25, -0.2) is 0 Å². The first kappa shape index (κ1) is 19.2. The van der Waals surface area contributed by atoms with Gasteiger partial charge in [-0.15, -0.1) is 12.4 Å². The van der Waals surface area contributed by atoms with Crippen LogP contribution in [0.3, 0.4) is 0 Å². The molecule has 2 N–H and O–H groups in total.